The predicted octanol–water partition coefficient (Wildman–Crippen LogP) is 5.40. The molecule has 1 heterocycles. The van der Waals surface area contributed by atoms with E-state index in [2.05, 4.69) is 67.4 Å². The Morgan fingerprint density at radius 2 is 2.00 bits per heavy atom. The van der Waals surface area contributed by atoms with Crippen LogP contribution in [0.3, 0.4) is 0 Å². The van der Waals surface area contributed by atoms with Crippen LogP contribution in [-0.4, -0.2) is 43.6 Å². The first kappa shape index (κ1) is 25.3. The smallest absolute Gasteiger partial charge is 0.217 e. The molecule has 2 aromatic rings. The molecule has 188 valence electrons. The molecule has 1 amide bonds. The van der Waals surface area contributed by atoms with Gasteiger partial charge in [0.15, 0.2) is 0 Å². The number of aryl methyl sites for hydroxylation is 1. The average molecular weight is 477 g/mol. The second-order valence-electron chi connectivity index (χ2n) is 10.5. The fourth-order valence-electron chi connectivity index (χ4n) is 5.41. The number of amides is 1. The summed E-state index contributed by atoms with van der Waals surface area (Å²) in [4.78, 5) is 13.8. The monoisotopic (exact) mass is 476 g/mol. The van der Waals surface area contributed by atoms with Crippen LogP contribution in [-0.2, 0) is 24.2 Å². The van der Waals surface area contributed by atoms with Crippen LogP contribution in [0.5, 0.6) is 11.5 Å². The molecule has 5 heteroatoms. The van der Waals surface area contributed by atoms with E-state index in [9.17, 15) is 4.79 Å². The van der Waals surface area contributed by atoms with Gasteiger partial charge in [-0.15, -0.1) is 0 Å². The van der Waals surface area contributed by atoms with Crippen molar-refractivity contribution in [1.82, 2.24) is 10.2 Å². The highest BCUT2D eigenvalue weighted by Gasteiger charge is 2.25. The summed E-state index contributed by atoms with van der Waals surface area (Å²) in [7, 11) is 1.73. The second kappa shape index (κ2) is 11.3. The van der Waals surface area contributed by atoms with E-state index in [0.29, 0.717) is 12.5 Å². The lowest BCUT2D eigenvalue weighted by atomic mass is 9.86. The van der Waals surface area contributed by atoms with Crippen LogP contribution in [0.1, 0.15) is 62.8 Å². The number of benzene rings is 2. The Hall–Kier alpha value is -2.79. The molecule has 2 aromatic carbocycles. The van der Waals surface area contributed by atoms with Gasteiger partial charge in [0, 0.05) is 38.2 Å². The summed E-state index contributed by atoms with van der Waals surface area (Å²) >= 11 is 0. The van der Waals surface area contributed by atoms with Crippen molar-refractivity contribution >= 4 is 11.5 Å². The molecule has 1 aliphatic carbocycles. The number of allylic oxidation sites excluding steroid dienone is 1. The van der Waals surface area contributed by atoms with E-state index in [4.69, 9.17) is 9.47 Å². The Morgan fingerprint density at radius 1 is 1.17 bits per heavy atom. The van der Waals surface area contributed by atoms with Crippen molar-refractivity contribution in [1.29, 1.82) is 0 Å². The Kier molecular flexibility index (Phi) is 8.17. The molecule has 0 spiro atoms. The topological polar surface area (TPSA) is 50.8 Å². The number of carbonyl (C=O) groups excluding carboxylic acids is 1. The van der Waals surface area contributed by atoms with Gasteiger partial charge >= 0.3 is 0 Å². The molecule has 5 nitrogen and oxygen atoms in total. The number of rotatable bonds is 9. The van der Waals surface area contributed by atoms with E-state index in [0.717, 1.165) is 62.4 Å². The molecule has 0 unspecified atom stereocenters. The Bertz CT molecular complexity index is 1090. The van der Waals surface area contributed by atoms with Crippen LogP contribution < -0.4 is 14.8 Å². The van der Waals surface area contributed by atoms with Crippen LogP contribution in [0.25, 0.3) is 5.57 Å². The zero-order valence-electron chi connectivity index (χ0n) is 21.9. The number of nitrogens with zero attached hydrogens (tertiary/aromatic N) is 1. The molecular weight excluding hydrogens is 436 g/mol. The van der Waals surface area contributed by atoms with Gasteiger partial charge in [-0.1, -0.05) is 37.6 Å². The van der Waals surface area contributed by atoms with Gasteiger partial charge in [-0.3, -0.25) is 9.69 Å². The molecule has 1 fully saturated rings. The summed E-state index contributed by atoms with van der Waals surface area (Å²) < 4.78 is 11.8. The standard InChI is InChI=1S/C30H40N2O3/c1-20(2)14-23-6-7-26(30(15-23)34-5)19-35-28-10-11-29-21(3)25(9-8-24(29)16-28)17-32-13-12-27(18-32)31-22(4)33/h6-7,10-11,15-16,20,27H,8-9,12-14,17-19H2,1-5H3,(H,31,33)/t27-/m0/s1. The van der Waals surface area contributed by atoms with E-state index in [-0.39, 0.29) is 11.9 Å². The van der Waals surface area contributed by atoms with Gasteiger partial charge in [0.25, 0.3) is 0 Å². The third kappa shape index (κ3) is 6.46. The summed E-state index contributed by atoms with van der Waals surface area (Å²) in [5.41, 5.74) is 7.97. The quantitative estimate of drug-likeness (QED) is 0.526. The number of likely N-dealkylation sites (tertiary alicyclic amines) is 1. The molecule has 2 aliphatic rings. The van der Waals surface area contributed by atoms with Crippen molar-refractivity contribution < 1.29 is 14.3 Å². The summed E-state index contributed by atoms with van der Waals surface area (Å²) in [6.07, 6.45) is 4.20. The highest BCUT2D eigenvalue weighted by atomic mass is 16.5. The fraction of sp³-hybridized carbons (Fsp3) is 0.500. The normalized spacial score (nSPS) is 18.1. The van der Waals surface area contributed by atoms with Crippen LogP contribution in [0.4, 0.5) is 0 Å². The van der Waals surface area contributed by atoms with E-state index in [1.807, 2.05) is 0 Å². The SMILES string of the molecule is COc1cc(CC(C)C)ccc1COc1ccc2c(c1)CCC(CN1CC[C@H](NC(C)=O)C1)=C2C. The van der Waals surface area contributed by atoms with Crippen LogP contribution in [0.2, 0.25) is 0 Å². The molecule has 0 radical (unpaired) electrons. The largest absolute Gasteiger partial charge is 0.496 e. The Balaban J connectivity index is 1.39. The van der Waals surface area contributed by atoms with Crippen LogP contribution >= 0.6 is 0 Å². The first-order valence-corrected chi connectivity index (χ1v) is 12.9. The Labute approximate surface area is 210 Å². The van der Waals surface area contributed by atoms with Crippen molar-refractivity contribution in [2.75, 3.05) is 26.7 Å². The third-order valence-electron chi connectivity index (χ3n) is 7.19. The number of carbonyl (C=O) groups is 1. The Morgan fingerprint density at radius 3 is 2.74 bits per heavy atom. The summed E-state index contributed by atoms with van der Waals surface area (Å²) in [5.74, 6) is 2.49. The molecule has 1 N–H and O–H groups in total. The fourth-order valence-corrected chi connectivity index (χ4v) is 5.41. The minimum Gasteiger partial charge on any atom is -0.496 e. The molecule has 1 aliphatic heterocycles. The summed E-state index contributed by atoms with van der Waals surface area (Å²) in [5, 5.41) is 3.06. The lowest BCUT2D eigenvalue weighted by Crippen LogP contribution is -2.36. The van der Waals surface area contributed by atoms with Crippen molar-refractivity contribution in [3.8, 4) is 11.5 Å². The summed E-state index contributed by atoms with van der Waals surface area (Å²) in [6.45, 7) is 11.8. The van der Waals surface area contributed by atoms with Crippen LogP contribution in [0.15, 0.2) is 42.0 Å². The molecular formula is C30H40N2O3. The number of hydrogen-bond acceptors (Lipinski definition) is 4. The van der Waals surface area contributed by atoms with E-state index < -0.39 is 0 Å². The van der Waals surface area contributed by atoms with Gasteiger partial charge in [-0.05, 0) is 79.0 Å². The van der Waals surface area contributed by atoms with E-state index in [1.54, 1.807) is 14.0 Å². The average Bonchev–Trinajstić information content (AvgIpc) is 3.25. The van der Waals surface area contributed by atoms with Gasteiger partial charge in [-0.2, -0.15) is 0 Å². The first-order chi connectivity index (χ1) is 16.8. The number of ether oxygens (including phenoxy) is 2. The lowest BCUT2D eigenvalue weighted by molar-refractivity contribution is -0.119. The molecule has 0 aromatic heterocycles. The van der Waals surface area contributed by atoms with Gasteiger partial charge in [0.2, 0.25) is 5.91 Å². The zero-order chi connectivity index (χ0) is 24.9. The molecule has 1 saturated heterocycles. The predicted molar refractivity (Wildman–Crippen MR) is 142 cm³/mol. The number of fused-ring (bicyclic) bond motifs is 1. The van der Waals surface area contributed by atoms with Gasteiger partial charge in [-0.25, -0.2) is 0 Å². The maximum absolute atomic E-state index is 11.4. The van der Waals surface area contributed by atoms with Crippen molar-refractivity contribution in [3.63, 3.8) is 0 Å². The molecule has 4 rings (SSSR count). The maximum Gasteiger partial charge on any atom is 0.217 e. The molecule has 35 heavy (non-hydrogen) atoms. The van der Waals surface area contributed by atoms with Crippen molar-refractivity contribution in [2.24, 2.45) is 5.92 Å². The highest BCUT2D eigenvalue weighted by molar-refractivity contribution is 5.73. The van der Waals surface area contributed by atoms with Crippen molar-refractivity contribution in [3.05, 3.63) is 64.2 Å². The van der Waals surface area contributed by atoms with E-state index >= 15 is 0 Å². The first-order valence-electron chi connectivity index (χ1n) is 12.9. The zero-order valence-corrected chi connectivity index (χ0v) is 21.9. The van der Waals surface area contributed by atoms with Gasteiger partial charge < -0.3 is 14.8 Å². The number of hydrogen-bond donors (Lipinski definition) is 1. The maximum atomic E-state index is 11.4. The molecule has 0 saturated carbocycles. The number of methoxy groups -OCH3 is 1. The van der Waals surface area contributed by atoms with E-state index in [1.165, 1.54) is 27.8 Å². The highest BCUT2D eigenvalue weighted by Crippen LogP contribution is 2.34. The van der Waals surface area contributed by atoms with Gasteiger partial charge in [0.1, 0.15) is 18.1 Å². The minimum atomic E-state index is 0.0680. The second-order valence-corrected chi connectivity index (χ2v) is 10.5. The van der Waals surface area contributed by atoms with Crippen molar-refractivity contribution in [2.45, 2.75) is 66.0 Å². The van der Waals surface area contributed by atoms with Gasteiger partial charge in [0.05, 0.1) is 7.11 Å². The third-order valence-corrected chi connectivity index (χ3v) is 7.19. The molecule has 0 bridgehead atoms. The summed E-state index contributed by atoms with van der Waals surface area (Å²) in [6, 6.07) is 13.2. The molecule has 1 atom stereocenters. The lowest BCUT2D eigenvalue weighted by Gasteiger charge is -2.26. The number of nitrogens with one attached hydrogen (secondary N) is 1. The minimum absolute atomic E-state index is 0.0680. The van der Waals surface area contributed by atoms with Crippen LogP contribution in [0, 0.1) is 5.92 Å².